The van der Waals surface area contributed by atoms with Crippen LogP contribution in [0.4, 0.5) is 0 Å². The third-order valence-corrected chi connectivity index (χ3v) is 3.66. The van der Waals surface area contributed by atoms with Crippen molar-refractivity contribution in [3.05, 3.63) is 48.0 Å². The van der Waals surface area contributed by atoms with E-state index in [-0.39, 0.29) is 12.7 Å². The zero-order valence-electron chi connectivity index (χ0n) is 13.1. The van der Waals surface area contributed by atoms with Crippen LogP contribution in [0.5, 0.6) is 11.5 Å². The zero-order chi connectivity index (χ0) is 16.1. The van der Waals surface area contributed by atoms with Gasteiger partial charge in [0.05, 0.1) is 6.20 Å². The number of benzene rings is 1. The highest BCUT2D eigenvalue weighted by atomic mass is 16.7. The Morgan fingerprint density at radius 1 is 1.26 bits per heavy atom. The second-order valence-corrected chi connectivity index (χ2v) is 5.36. The van der Waals surface area contributed by atoms with Gasteiger partial charge in [-0.2, -0.15) is 0 Å². The van der Waals surface area contributed by atoms with E-state index in [9.17, 15) is 4.79 Å². The lowest BCUT2D eigenvalue weighted by Gasteiger charge is -2.22. The Bertz CT molecular complexity index is 676. The molecule has 1 aliphatic rings. The first-order valence-corrected chi connectivity index (χ1v) is 7.71. The van der Waals surface area contributed by atoms with Crippen molar-refractivity contribution in [1.29, 1.82) is 0 Å². The van der Waals surface area contributed by atoms with Gasteiger partial charge in [0.1, 0.15) is 5.69 Å². The van der Waals surface area contributed by atoms with Crippen molar-refractivity contribution in [2.75, 3.05) is 13.3 Å². The molecule has 0 radical (unpaired) electrons. The van der Waals surface area contributed by atoms with E-state index in [4.69, 9.17) is 9.47 Å². The average molecular weight is 313 g/mol. The summed E-state index contributed by atoms with van der Waals surface area (Å²) in [5.41, 5.74) is 1.37. The maximum Gasteiger partial charge on any atom is 0.274 e. The Labute approximate surface area is 135 Å². The molecule has 2 heterocycles. The van der Waals surface area contributed by atoms with E-state index in [1.165, 1.54) is 12.4 Å². The molecular weight excluding hydrogens is 294 g/mol. The molecule has 6 nitrogen and oxygen atoms in total. The summed E-state index contributed by atoms with van der Waals surface area (Å²) < 4.78 is 10.7. The number of aromatic nitrogens is 2. The Morgan fingerprint density at radius 3 is 2.91 bits per heavy atom. The summed E-state index contributed by atoms with van der Waals surface area (Å²) in [6.45, 7) is 3.54. The van der Waals surface area contributed by atoms with E-state index in [0.717, 1.165) is 29.9 Å². The number of rotatable bonds is 6. The molecular formula is C17H19N3O3. The van der Waals surface area contributed by atoms with E-state index in [1.807, 2.05) is 18.2 Å². The molecule has 0 N–H and O–H groups in total. The Balaban J connectivity index is 1.77. The van der Waals surface area contributed by atoms with Gasteiger partial charge in [0.15, 0.2) is 11.5 Å². The molecule has 0 saturated heterocycles. The topological polar surface area (TPSA) is 64.6 Å². The predicted molar refractivity (Wildman–Crippen MR) is 84.2 cm³/mol. The second kappa shape index (κ2) is 7.09. The molecule has 0 unspecified atom stereocenters. The number of fused-ring (bicyclic) bond motifs is 1. The zero-order valence-corrected chi connectivity index (χ0v) is 13.1. The molecule has 3 rings (SSSR count). The fourth-order valence-corrected chi connectivity index (χ4v) is 2.43. The summed E-state index contributed by atoms with van der Waals surface area (Å²) in [6, 6.07) is 5.75. The predicted octanol–water partition coefficient (Wildman–Crippen LogP) is 2.65. The van der Waals surface area contributed by atoms with Crippen molar-refractivity contribution in [2.45, 2.75) is 26.3 Å². The van der Waals surface area contributed by atoms with Crippen LogP contribution in [0.25, 0.3) is 0 Å². The number of amides is 1. The van der Waals surface area contributed by atoms with Crippen LogP contribution in [0.3, 0.4) is 0 Å². The maximum absolute atomic E-state index is 12.7. The van der Waals surface area contributed by atoms with Crippen molar-refractivity contribution >= 4 is 5.91 Å². The summed E-state index contributed by atoms with van der Waals surface area (Å²) in [5, 5.41) is 0. The molecule has 0 atom stereocenters. The van der Waals surface area contributed by atoms with E-state index in [1.54, 1.807) is 11.1 Å². The number of carbonyl (C=O) groups excluding carboxylic acids is 1. The van der Waals surface area contributed by atoms with Crippen LogP contribution in [0.1, 0.15) is 35.8 Å². The lowest BCUT2D eigenvalue weighted by atomic mass is 10.1. The molecule has 1 aliphatic heterocycles. The van der Waals surface area contributed by atoms with Gasteiger partial charge in [-0.25, -0.2) is 4.98 Å². The first-order chi connectivity index (χ1) is 11.3. The fraction of sp³-hybridized carbons (Fsp3) is 0.353. The summed E-state index contributed by atoms with van der Waals surface area (Å²) in [7, 11) is 0. The summed E-state index contributed by atoms with van der Waals surface area (Å²) in [5.74, 6) is 1.36. The van der Waals surface area contributed by atoms with Crippen LogP contribution in [-0.4, -0.2) is 34.1 Å². The van der Waals surface area contributed by atoms with Gasteiger partial charge in [0.25, 0.3) is 5.91 Å². The second-order valence-electron chi connectivity index (χ2n) is 5.36. The Kier molecular flexibility index (Phi) is 4.71. The van der Waals surface area contributed by atoms with Crippen LogP contribution in [0.2, 0.25) is 0 Å². The summed E-state index contributed by atoms with van der Waals surface area (Å²) in [6.07, 6.45) is 6.56. The van der Waals surface area contributed by atoms with Crippen LogP contribution in [-0.2, 0) is 6.54 Å². The minimum Gasteiger partial charge on any atom is -0.454 e. The van der Waals surface area contributed by atoms with E-state index in [0.29, 0.717) is 18.8 Å². The summed E-state index contributed by atoms with van der Waals surface area (Å²) >= 11 is 0. The van der Waals surface area contributed by atoms with Gasteiger partial charge >= 0.3 is 0 Å². The highest BCUT2D eigenvalue weighted by Crippen LogP contribution is 2.32. The Morgan fingerprint density at radius 2 is 2.13 bits per heavy atom. The quantitative estimate of drug-likeness (QED) is 0.820. The normalized spacial score (nSPS) is 12.2. The van der Waals surface area contributed by atoms with Crippen molar-refractivity contribution in [1.82, 2.24) is 14.9 Å². The molecule has 0 fully saturated rings. The largest absolute Gasteiger partial charge is 0.454 e. The lowest BCUT2D eigenvalue weighted by molar-refractivity contribution is 0.0734. The molecule has 0 aliphatic carbocycles. The van der Waals surface area contributed by atoms with Crippen molar-refractivity contribution < 1.29 is 14.3 Å². The average Bonchev–Trinajstić information content (AvgIpc) is 3.06. The van der Waals surface area contributed by atoms with E-state index < -0.39 is 0 Å². The fourth-order valence-electron chi connectivity index (χ4n) is 2.43. The number of unbranched alkanes of at least 4 members (excludes halogenated alkanes) is 1. The van der Waals surface area contributed by atoms with E-state index >= 15 is 0 Å². The van der Waals surface area contributed by atoms with Crippen LogP contribution >= 0.6 is 0 Å². The first kappa shape index (κ1) is 15.3. The number of hydrogen-bond donors (Lipinski definition) is 0. The molecule has 0 spiro atoms. The Hall–Kier alpha value is -2.63. The van der Waals surface area contributed by atoms with Crippen LogP contribution in [0.15, 0.2) is 36.8 Å². The van der Waals surface area contributed by atoms with Crippen LogP contribution < -0.4 is 9.47 Å². The van der Waals surface area contributed by atoms with Crippen molar-refractivity contribution in [2.24, 2.45) is 0 Å². The number of hydrogen-bond acceptors (Lipinski definition) is 5. The monoisotopic (exact) mass is 313 g/mol. The number of nitrogens with zero attached hydrogens (tertiary/aromatic N) is 3. The van der Waals surface area contributed by atoms with Gasteiger partial charge in [-0.3, -0.25) is 9.78 Å². The third kappa shape index (κ3) is 3.59. The first-order valence-electron chi connectivity index (χ1n) is 7.71. The van der Waals surface area contributed by atoms with E-state index in [2.05, 4.69) is 16.9 Å². The molecule has 1 aromatic heterocycles. The smallest absolute Gasteiger partial charge is 0.274 e. The van der Waals surface area contributed by atoms with Crippen molar-refractivity contribution in [3.8, 4) is 11.5 Å². The van der Waals surface area contributed by atoms with Gasteiger partial charge in [-0.15, -0.1) is 0 Å². The minimum atomic E-state index is -0.107. The van der Waals surface area contributed by atoms with Gasteiger partial charge < -0.3 is 14.4 Å². The standard InChI is InChI=1S/C17H19N3O3/c1-2-3-8-20(17(21)14-10-18-6-7-19-14)11-13-4-5-15-16(9-13)23-12-22-15/h4-7,9-10H,2-3,8,11-12H2,1H3. The lowest BCUT2D eigenvalue weighted by Crippen LogP contribution is -2.32. The van der Waals surface area contributed by atoms with Gasteiger partial charge in [0, 0.05) is 25.5 Å². The molecule has 2 aromatic rings. The molecule has 0 saturated carbocycles. The highest BCUT2D eigenvalue weighted by Gasteiger charge is 2.19. The van der Waals surface area contributed by atoms with Crippen molar-refractivity contribution in [3.63, 3.8) is 0 Å². The highest BCUT2D eigenvalue weighted by molar-refractivity contribution is 5.91. The van der Waals surface area contributed by atoms with Gasteiger partial charge in [-0.05, 0) is 24.1 Å². The van der Waals surface area contributed by atoms with Gasteiger partial charge in [-0.1, -0.05) is 19.4 Å². The minimum absolute atomic E-state index is 0.107. The molecule has 1 amide bonds. The maximum atomic E-state index is 12.7. The third-order valence-electron chi connectivity index (χ3n) is 3.66. The number of ether oxygens (including phenoxy) is 2. The van der Waals surface area contributed by atoms with Crippen LogP contribution in [0, 0.1) is 0 Å². The molecule has 6 heteroatoms. The molecule has 1 aromatic carbocycles. The molecule has 23 heavy (non-hydrogen) atoms. The number of carbonyl (C=O) groups is 1. The van der Waals surface area contributed by atoms with Gasteiger partial charge in [0.2, 0.25) is 6.79 Å². The molecule has 0 bridgehead atoms. The summed E-state index contributed by atoms with van der Waals surface area (Å²) in [4.78, 5) is 22.5. The molecule has 120 valence electrons. The SMILES string of the molecule is CCCCN(Cc1ccc2c(c1)OCO2)C(=O)c1cnccn1.